The maximum atomic E-state index is 12.2. The van der Waals surface area contributed by atoms with E-state index in [0.717, 1.165) is 11.6 Å². The van der Waals surface area contributed by atoms with Gasteiger partial charge < -0.3 is 14.2 Å². The van der Waals surface area contributed by atoms with Crippen LogP contribution in [0.15, 0.2) is 53.5 Å². The second-order valence-corrected chi connectivity index (χ2v) is 7.39. The predicted octanol–water partition coefficient (Wildman–Crippen LogP) is 4.06. The van der Waals surface area contributed by atoms with Gasteiger partial charge in [-0.2, -0.15) is 0 Å². The Kier molecular flexibility index (Phi) is 6.36. The van der Waals surface area contributed by atoms with Crippen LogP contribution in [0.25, 0.3) is 0 Å². The first-order valence-electron chi connectivity index (χ1n) is 8.90. The topological polar surface area (TPSA) is 104 Å². The van der Waals surface area contributed by atoms with Gasteiger partial charge in [-0.15, -0.1) is 0 Å². The Hall–Kier alpha value is -3.29. The summed E-state index contributed by atoms with van der Waals surface area (Å²) in [5, 5.41) is 0. The lowest BCUT2D eigenvalue weighted by atomic mass is 9.98. The van der Waals surface area contributed by atoms with Crippen LogP contribution in [0.5, 0.6) is 0 Å². The van der Waals surface area contributed by atoms with E-state index in [9.17, 15) is 14.4 Å². The van der Waals surface area contributed by atoms with Crippen LogP contribution in [-0.4, -0.2) is 23.7 Å². The average molecular weight is 404 g/mol. The van der Waals surface area contributed by atoms with Crippen LogP contribution in [-0.2, 0) is 39.2 Å². The third kappa shape index (κ3) is 6.38. The molecule has 156 valence electrons. The maximum absolute atomic E-state index is 12.2. The fourth-order valence-corrected chi connectivity index (χ4v) is 2.26. The molecule has 1 heterocycles. The van der Waals surface area contributed by atoms with Crippen LogP contribution in [0.3, 0.4) is 0 Å². The number of benzene rings is 1. The van der Waals surface area contributed by atoms with Crippen LogP contribution in [0.1, 0.15) is 47.1 Å². The molecule has 1 aromatic carbocycles. The first kappa shape index (κ1) is 22.0. The molecule has 1 saturated heterocycles. The Labute approximate surface area is 169 Å². The first-order valence-corrected chi connectivity index (χ1v) is 8.90. The normalized spacial score (nSPS) is 13.6. The standard InChI is InChI=1S/C21H24O8/c1-13(12-16(22)14(2)18-28-29-18)17(23)25-21(5,6)27-19(24)26-20(3,4)15-10-8-7-9-11-15/h7-12H,1-6H3/b13-12+. The smallest absolute Gasteiger partial charge is 0.423 e. The number of esters is 1. The third-order valence-corrected chi connectivity index (χ3v) is 3.99. The van der Waals surface area contributed by atoms with Gasteiger partial charge >= 0.3 is 18.1 Å². The molecule has 2 rings (SSSR count). The minimum absolute atomic E-state index is 0.0188. The molecule has 1 aliphatic rings. The number of carbonyl (C=O) groups is 3. The molecule has 8 heteroatoms. The zero-order valence-electron chi connectivity index (χ0n) is 17.2. The third-order valence-electron chi connectivity index (χ3n) is 3.99. The van der Waals surface area contributed by atoms with Crippen LogP contribution in [0, 0.1) is 0 Å². The number of ether oxygens (including phenoxy) is 3. The highest BCUT2D eigenvalue weighted by atomic mass is 17.4. The minimum Gasteiger partial charge on any atom is -0.423 e. The average Bonchev–Trinajstić information content (AvgIpc) is 3.45. The number of hydrogen-bond donors (Lipinski definition) is 0. The van der Waals surface area contributed by atoms with Gasteiger partial charge in [0.1, 0.15) is 5.60 Å². The molecule has 0 radical (unpaired) electrons. The molecule has 0 saturated carbocycles. The van der Waals surface area contributed by atoms with Gasteiger partial charge in [0.25, 0.3) is 5.79 Å². The molecule has 8 nitrogen and oxygen atoms in total. The summed E-state index contributed by atoms with van der Waals surface area (Å²) in [5.74, 6) is -2.79. The molecule has 0 aromatic heterocycles. The molecular formula is C21H24O8. The van der Waals surface area contributed by atoms with Crippen molar-refractivity contribution < 1.29 is 38.4 Å². The van der Waals surface area contributed by atoms with E-state index in [1.165, 1.54) is 27.7 Å². The lowest BCUT2D eigenvalue weighted by Crippen LogP contribution is -2.37. The van der Waals surface area contributed by atoms with Gasteiger partial charge in [0.05, 0.1) is 5.57 Å². The van der Waals surface area contributed by atoms with E-state index in [-0.39, 0.29) is 17.1 Å². The van der Waals surface area contributed by atoms with E-state index in [4.69, 9.17) is 14.2 Å². The maximum Gasteiger partial charge on any atom is 0.512 e. The van der Waals surface area contributed by atoms with E-state index < -0.39 is 29.3 Å². The summed E-state index contributed by atoms with van der Waals surface area (Å²) in [6.07, 6.45) is 0.0841. The van der Waals surface area contributed by atoms with E-state index in [0.29, 0.717) is 0 Å². The van der Waals surface area contributed by atoms with Crippen molar-refractivity contribution in [3.63, 3.8) is 0 Å². The quantitative estimate of drug-likeness (QED) is 0.220. The van der Waals surface area contributed by atoms with E-state index in [1.807, 2.05) is 30.3 Å². The first-order chi connectivity index (χ1) is 13.4. The van der Waals surface area contributed by atoms with E-state index in [2.05, 4.69) is 9.78 Å². The fourth-order valence-electron chi connectivity index (χ4n) is 2.26. The summed E-state index contributed by atoms with van der Waals surface area (Å²) in [6, 6.07) is 9.14. The molecule has 0 atom stereocenters. The summed E-state index contributed by atoms with van der Waals surface area (Å²) in [7, 11) is 0. The second kappa shape index (κ2) is 8.38. The van der Waals surface area contributed by atoms with E-state index >= 15 is 0 Å². The Bertz CT molecular complexity index is 856. The molecule has 0 spiro atoms. The largest absolute Gasteiger partial charge is 0.512 e. The molecule has 0 amide bonds. The Morgan fingerprint density at radius 2 is 1.48 bits per heavy atom. The SMILES string of the molecule is CC(C(=O)/C=C(\C)C(=O)OC(C)(C)OC(=O)OC(C)(C)c1ccccc1)=C1OO1. The van der Waals surface area contributed by atoms with Gasteiger partial charge in [-0.05, 0) is 39.3 Å². The highest BCUT2D eigenvalue weighted by molar-refractivity contribution is 6.08. The summed E-state index contributed by atoms with van der Waals surface area (Å²) in [5.41, 5.74) is 0.0698. The van der Waals surface area contributed by atoms with Crippen LogP contribution >= 0.6 is 0 Å². The molecule has 29 heavy (non-hydrogen) atoms. The van der Waals surface area contributed by atoms with Crippen molar-refractivity contribution in [2.24, 2.45) is 0 Å². The Morgan fingerprint density at radius 1 is 0.897 bits per heavy atom. The van der Waals surface area contributed by atoms with Gasteiger partial charge in [-0.1, -0.05) is 30.3 Å². The zero-order chi connectivity index (χ0) is 21.8. The minimum atomic E-state index is -1.62. The molecule has 0 unspecified atom stereocenters. The fraction of sp³-hybridized carbons (Fsp3) is 0.381. The summed E-state index contributed by atoms with van der Waals surface area (Å²) in [6.45, 7) is 9.10. The molecule has 1 aliphatic heterocycles. The van der Waals surface area contributed by atoms with Crippen molar-refractivity contribution in [1.82, 2.24) is 0 Å². The van der Waals surface area contributed by atoms with Crippen molar-refractivity contribution in [3.8, 4) is 0 Å². The van der Waals surface area contributed by atoms with Crippen molar-refractivity contribution >= 4 is 17.9 Å². The van der Waals surface area contributed by atoms with Gasteiger partial charge in [0.2, 0.25) is 0 Å². The summed E-state index contributed by atoms with van der Waals surface area (Å²) in [4.78, 5) is 45.4. The Balaban J connectivity index is 1.96. The van der Waals surface area contributed by atoms with E-state index in [1.54, 1.807) is 13.8 Å². The van der Waals surface area contributed by atoms with Gasteiger partial charge in [0.15, 0.2) is 5.78 Å². The number of hydrogen-bond acceptors (Lipinski definition) is 8. The number of allylic oxidation sites excluding steroid dienone is 2. The second-order valence-electron chi connectivity index (χ2n) is 7.39. The van der Waals surface area contributed by atoms with Crippen molar-refractivity contribution in [1.29, 1.82) is 0 Å². The molecule has 1 aromatic rings. The predicted molar refractivity (Wildman–Crippen MR) is 101 cm³/mol. The monoisotopic (exact) mass is 404 g/mol. The molecule has 1 fully saturated rings. The van der Waals surface area contributed by atoms with Crippen LogP contribution in [0.2, 0.25) is 0 Å². The van der Waals surface area contributed by atoms with Gasteiger partial charge in [-0.25, -0.2) is 19.4 Å². The number of carbonyl (C=O) groups excluding carboxylic acids is 3. The van der Waals surface area contributed by atoms with Crippen LogP contribution < -0.4 is 0 Å². The Morgan fingerprint density at radius 3 is 2.03 bits per heavy atom. The highest BCUT2D eigenvalue weighted by Gasteiger charge is 2.33. The van der Waals surface area contributed by atoms with Gasteiger partial charge in [-0.3, -0.25) is 4.79 Å². The lowest BCUT2D eigenvalue weighted by molar-refractivity contribution is -0.200. The molecule has 0 N–H and O–H groups in total. The van der Waals surface area contributed by atoms with Gasteiger partial charge in [0, 0.05) is 19.4 Å². The van der Waals surface area contributed by atoms with Crippen molar-refractivity contribution in [2.75, 3.05) is 0 Å². The molecule has 0 aliphatic carbocycles. The zero-order valence-corrected chi connectivity index (χ0v) is 17.2. The lowest BCUT2D eigenvalue weighted by Gasteiger charge is -2.29. The molecular weight excluding hydrogens is 380 g/mol. The number of rotatable bonds is 7. The summed E-state index contributed by atoms with van der Waals surface area (Å²) >= 11 is 0. The van der Waals surface area contributed by atoms with Crippen LogP contribution in [0.4, 0.5) is 4.79 Å². The van der Waals surface area contributed by atoms with Crippen molar-refractivity contribution in [2.45, 2.75) is 52.9 Å². The highest BCUT2D eigenvalue weighted by Crippen LogP contribution is 2.27. The molecule has 0 bridgehead atoms. The number of ketones is 1. The van der Waals surface area contributed by atoms with Crippen molar-refractivity contribution in [3.05, 3.63) is 59.1 Å². The summed E-state index contributed by atoms with van der Waals surface area (Å²) < 4.78 is 15.7.